The zero-order valence-corrected chi connectivity index (χ0v) is 18.3. The van der Waals surface area contributed by atoms with Gasteiger partial charge in [0.05, 0.1) is 0 Å². The van der Waals surface area contributed by atoms with Crippen LogP contribution in [0.25, 0.3) is 0 Å². The van der Waals surface area contributed by atoms with Crippen molar-refractivity contribution < 1.29 is 9.53 Å². The Morgan fingerprint density at radius 3 is 1.40 bits per heavy atom. The molecule has 0 fully saturated rings. The maximum atomic E-state index is 12.0. The number of methoxy groups -OCH3 is 1. The van der Waals surface area contributed by atoms with E-state index in [1.54, 1.807) is 0 Å². The molecule has 126 valence electrons. The van der Waals surface area contributed by atoms with E-state index in [2.05, 4.69) is 91.0 Å². The Morgan fingerprint density at radius 2 is 1.08 bits per heavy atom. The molecule has 3 rings (SSSR count). The van der Waals surface area contributed by atoms with E-state index in [1.165, 1.54) is 16.5 Å². The maximum absolute atomic E-state index is 12.0. The number of esters is 1. The van der Waals surface area contributed by atoms with Crippen molar-refractivity contribution in [2.75, 3.05) is 7.11 Å². The van der Waals surface area contributed by atoms with Crippen molar-refractivity contribution in [3.63, 3.8) is 0 Å². The van der Waals surface area contributed by atoms with Crippen LogP contribution >= 0.6 is 0 Å². The molecule has 0 aliphatic carbocycles. The van der Waals surface area contributed by atoms with Crippen LogP contribution in [0, 0.1) is 0 Å². The van der Waals surface area contributed by atoms with Crippen LogP contribution in [0.3, 0.4) is 0 Å². The van der Waals surface area contributed by atoms with E-state index in [-0.39, 0.29) is 5.97 Å². The minimum absolute atomic E-state index is 0.132. The van der Waals surface area contributed by atoms with Gasteiger partial charge in [0.1, 0.15) is 0 Å². The summed E-state index contributed by atoms with van der Waals surface area (Å²) < 4.78 is 10.0. The van der Waals surface area contributed by atoms with Gasteiger partial charge >= 0.3 is 155 Å². The fourth-order valence-corrected chi connectivity index (χ4v) is 21.9. The molecule has 25 heavy (non-hydrogen) atoms. The van der Waals surface area contributed by atoms with Gasteiger partial charge in [-0.3, -0.25) is 0 Å². The molecule has 3 aromatic carbocycles. The van der Waals surface area contributed by atoms with E-state index in [4.69, 9.17) is 4.74 Å². The number of carbonyl (C=O) groups excluding carboxylic acids is 1. The van der Waals surface area contributed by atoms with Gasteiger partial charge in [-0.15, -0.1) is 0 Å². The molecule has 0 aliphatic rings. The summed E-state index contributed by atoms with van der Waals surface area (Å²) in [5, 5.41) is 0. The molecule has 0 amide bonds. The first kappa shape index (κ1) is 17.9. The molecule has 0 unspecified atom stereocenters. The van der Waals surface area contributed by atoms with Crippen molar-refractivity contribution >= 4 is 36.5 Å². The molecule has 0 aromatic heterocycles. The number of benzene rings is 3. The quantitative estimate of drug-likeness (QED) is 0.366. The first-order valence-corrected chi connectivity index (χ1v) is 17.1. The summed E-state index contributed by atoms with van der Waals surface area (Å²) in [5.74, 6) is -0.132. The SMILES string of the molecule is COC(=O)C[CH2][Pb]([c]1ccccc1)([c]1ccccc1)[c]1ccccc1. The summed E-state index contributed by atoms with van der Waals surface area (Å²) in [7, 11) is 1.47. The van der Waals surface area contributed by atoms with E-state index in [1.807, 2.05) is 0 Å². The van der Waals surface area contributed by atoms with Gasteiger partial charge < -0.3 is 0 Å². The van der Waals surface area contributed by atoms with Gasteiger partial charge in [0.2, 0.25) is 0 Å². The number of ether oxygens (including phenoxy) is 1. The van der Waals surface area contributed by atoms with Crippen LogP contribution in [-0.4, -0.2) is 34.3 Å². The molecule has 0 atom stereocenters. The Hall–Kier alpha value is -1.95. The number of hydrogen-bond acceptors (Lipinski definition) is 2. The fraction of sp³-hybridized carbons (Fsp3) is 0.136. The average Bonchev–Trinajstić information content (AvgIpc) is 2.71. The topological polar surface area (TPSA) is 26.3 Å². The number of carbonyl (C=O) groups is 1. The predicted molar refractivity (Wildman–Crippen MR) is 105 cm³/mol. The molecule has 0 spiro atoms. The van der Waals surface area contributed by atoms with E-state index in [0.29, 0.717) is 6.42 Å². The zero-order valence-electron chi connectivity index (χ0n) is 14.4. The Balaban J connectivity index is 2.22. The van der Waals surface area contributed by atoms with Gasteiger partial charge in [0.15, 0.2) is 0 Å². The second kappa shape index (κ2) is 8.43. The first-order chi connectivity index (χ1) is 12.3. The van der Waals surface area contributed by atoms with Crippen molar-refractivity contribution in [1.82, 2.24) is 0 Å². The summed E-state index contributed by atoms with van der Waals surface area (Å²) in [5.41, 5.74) is 0. The third-order valence-corrected chi connectivity index (χ3v) is 24.0. The van der Waals surface area contributed by atoms with Gasteiger partial charge in [0.25, 0.3) is 0 Å². The van der Waals surface area contributed by atoms with Crippen LogP contribution in [-0.2, 0) is 9.53 Å². The predicted octanol–water partition coefficient (Wildman–Crippen LogP) is 2.72. The molecule has 0 aliphatic heterocycles. The van der Waals surface area contributed by atoms with E-state index >= 15 is 0 Å². The molecule has 0 heterocycles. The first-order valence-electron chi connectivity index (χ1n) is 8.51. The minimum atomic E-state index is -3.45. The molecule has 3 heteroatoms. The Morgan fingerprint density at radius 1 is 0.720 bits per heavy atom. The van der Waals surface area contributed by atoms with Crippen LogP contribution in [0.2, 0.25) is 3.98 Å². The third kappa shape index (κ3) is 3.84. The van der Waals surface area contributed by atoms with Crippen LogP contribution in [0.5, 0.6) is 0 Å². The molecule has 0 radical (unpaired) electrons. The van der Waals surface area contributed by atoms with Gasteiger partial charge in [0, 0.05) is 0 Å². The number of rotatable bonds is 6. The van der Waals surface area contributed by atoms with Crippen molar-refractivity contribution in [3.8, 4) is 0 Å². The van der Waals surface area contributed by atoms with Crippen LogP contribution in [0.4, 0.5) is 0 Å². The Bertz CT molecular complexity index is 705. The monoisotopic (exact) mass is 526 g/mol. The van der Waals surface area contributed by atoms with E-state index in [0.717, 1.165) is 3.98 Å². The van der Waals surface area contributed by atoms with Crippen molar-refractivity contribution in [3.05, 3.63) is 91.0 Å². The van der Waals surface area contributed by atoms with Crippen LogP contribution in [0.15, 0.2) is 91.0 Å². The molecular weight excluding hydrogens is 503 g/mol. The van der Waals surface area contributed by atoms with Crippen molar-refractivity contribution in [1.29, 1.82) is 0 Å². The van der Waals surface area contributed by atoms with Crippen LogP contribution < -0.4 is 9.37 Å². The van der Waals surface area contributed by atoms with Gasteiger partial charge in [-0.2, -0.15) is 0 Å². The van der Waals surface area contributed by atoms with E-state index in [9.17, 15) is 4.79 Å². The summed E-state index contributed by atoms with van der Waals surface area (Å²) in [4.78, 5) is 12.0. The summed E-state index contributed by atoms with van der Waals surface area (Å²) in [6.07, 6.45) is 0.455. The molecular formula is C22H22O2Pb. The standard InChI is InChI=1S/3C6H5.C4H7O2.Pb/c3*1-2-4-6-5-3-1;1-3-4(5)6-2;/h3*1-5H;1,3H2,2H3;. The molecule has 2 nitrogen and oxygen atoms in total. The summed E-state index contributed by atoms with van der Waals surface area (Å²) in [6, 6.07) is 32.2. The van der Waals surface area contributed by atoms with Gasteiger partial charge in [-0.05, 0) is 0 Å². The molecule has 0 bridgehead atoms. The second-order valence-electron chi connectivity index (χ2n) is 6.08. The van der Waals surface area contributed by atoms with Gasteiger partial charge in [-0.25, -0.2) is 0 Å². The van der Waals surface area contributed by atoms with Gasteiger partial charge in [-0.1, -0.05) is 0 Å². The normalized spacial score (nSPS) is 11.1. The second-order valence-corrected chi connectivity index (χ2v) is 21.8. The molecule has 3 aromatic rings. The zero-order chi connectivity index (χ0) is 17.5. The van der Waals surface area contributed by atoms with Crippen LogP contribution in [0.1, 0.15) is 6.42 Å². The number of hydrogen-bond donors (Lipinski definition) is 0. The fourth-order valence-electron chi connectivity index (χ4n) is 3.49. The molecule has 0 saturated heterocycles. The summed E-state index contributed by atoms with van der Waals surface area (Å²) in [6.45, 7) is 0. The molecule has 0 N–H and O–H groups in total. The van der Waals surface area contributed by atoms with Crippen molar-refractivity contribution in [2.45, 2.75) is 10.4 Å². The molecule has 0 saturated carbocycles. The Kier molecular flexibility index (Phi) is 6.02. The third-order valence-electron chi connectivity index (χ3n) is 4.73. The summed E-state index contributed by atoms with van der Waals surface area (Å²) >= 11 is -3.45. The van der Waals surface area contributed by atoms with Crippen molar-refractivity contribution in [2.24, 2.45) is 0 Å². The van der Waals surface area contributed by atoms with E-state index < -0.39 is 21.2 Å². The Labute approximate surface area is 154 Å². The average molecular weight is 526 g/mol.